The van der Waals surface area contributed by atoms with Crippen LogP contribution in [0.15, 0.2) is 97.5 Å². The smallest absolute Gasteiger partial charge is 0.137 e. The summed E-state index contributed by atoms with van der Waals surface area (Å²) >= 11 is 0. The van der Waals surface area contributed by atoms with E-state index >= 15 is 0 Å². The average molecular weight is 425 g/mol. The number of anilines is 4. The molecule has 0 saturated heterocycles. The van der Waals surface area contributed by atoms with Crippen molar-refractivity contribution in [3.63, 3.8) is 0 Å². The van der Waals surface area contributed by atoms with Crippen molar-refractivity contribution >= 4 is 23.1 Å². The molecule has 0 fully saturated rings. The third kappa shape index (κ3) is 6.06. The van der Waals surface area contributed by atoms with E-state index in [9.17, 15) is 0 Å². The quantitative estimate of drug-likeness (QED) is 0.330. The number of hydrogen-bond donors (Lipinski definition) is 3. The number of nitrogens with one attached hydrogen (secondary N) is 3. The van der Waals surface area contributed by atoms with Crippen LogP contribution in [0.3, 0.4) is 0 Å². The zero-order valence-electron chi connectivity index (χ0n) is 17.7. The largest absolute Gasteiger partial charge is 0.457 e. The minimum absolute atomic E-state index is 0.655. The Bertz CT molecular complexity index is 1160. The fourth-order valence-electron chi connectivity index (χ4n) is 2.96. The van der Waals surface area contributed by atoms with E-state index in [4.69, 9.17) is 4.74 Å². The summed E-state index contributed by atoms with van der Waals surface area (Å²) in [6, 6.07) is 25.1. The summed E-state index contributed by atoms with van der Waals surface area (Å²) in [6.07, 6.45) is 6.17. The van der Waals surface area contributed by atoms with Gasteiger partial charge < -0.3 is 20.7 Å². The van der Waals surface area contributed by atoms with Crippen LogP contribution in [0.4, 0.5) is 23.1 Å². The molecule has 160 valence electrons. The van der Waals surface area contributed by atoms with Crippen molar-refractivity contribution in [2.24, 2.45) is 0 Å². The molecule has 32 heavy (non-hydrogen) atoms. The van der Waals surface area contributed by atoms with Gasteiger partial charge in [0.1, 0.15) is 35.3 Å². The van der Waals surface area contributed by atoms with Crippen LogP contribution in [-0.2, 0) is 6.42 Å². The lowest BCUT2D eigenvalue weighted by Gasteiger charge is -2.10. The maximum Gasteiger partial charge on any atom is 0.137 e. The number of para-hydroxylation sites is 1. The molecule has 0 aliphatic heterocycles. The molecular formula is C25H24N6O. The molecule has 0 aliphatic carbocycles. The molecule has 2 heterocycles. The summed E-state index contributed by atoms with van der Waals surface area (Å²) in [4.78, 5) is 13.2. The SMILES string of the molecule is CNC=CCc1cccc(Nc2cc(Nc3ccc(Oc4ccccc4)cc3)ncn2)n1. The molecule has 2 aromatic heterocycles. The van der Waals surface area contributed by atoms with Gasteiger partial charge in [-0.25, -0.2) is 15.0 Å². The molecule has 0 amide bonds. The number of nitrogens with zero attached hydrogens (tertiary/aromatic N) is 3. The summed E-state index contributed by atoms with van der Waals surface area (Å²) in [5.74, 6) is 3.62. The van der Waals surface area contributed by atoms with Crippen LogP contribution >= 0.6 is 0 Å². The Labute approximate surface area is 187 Å². The highest BCUT2D eigenvalue weighted by Crippen LogP contribution is 2.24. The van der Waals surface area contributed by atoms with Crippen molar-refractivity contribution in [2.75, 3.05) is 17.7 Å². The van der Waals surface area contributed by atoms with Gasteiger partial charge in [0.25, 0.3) is 0 Å². The van der Waals surface area contributed by atoms with Crippen LogP contribution < -0.4 is 20.7 Å². The number of allylic oxidation sites excluding steroid dienone is 1. The molecule has 0 bridgehead atoms. The van der Waals surface area contributed by atoms with Gasteiger partial charge in [-0.1, -0.05) is 30.3 Å². The number of hydrogen-bond acceptors (Lipinski definition) is 7. The highest BCUT2D eigenvalue weighted by molar-refractivity contribution is 5.62. The second kappa shape index (κ2) is 10.6. The minimum Gasteiger partial charge on any atom is -0.457 e. The van der Waals surface area contributed by atoms with Crippen molar-refractivity contribution < 1.29 is 4.74 Å². The summed E-state index contributed by atoms with van der Waals surface area (Å²) in [6.45, 7) is 0. The average Bonchev–Trinajstić information content (AvgIpc) is 2.82. The number of benzene rings is 2. The van der Waals surface area contributed by atoms with Gasteiger partial charge in [0.05, 0.1) is 0 Å². The van der Waals surface area contributed by atoms with Crippen LogP contribution in [0.2, 0.25) is 0 Å². The van der Waals surface area contributed by atoms with E-state index in [2.05, 4.69) is 30.9 Å². The van der Waals surface area contributed by atoms with E-state index in [0.717, 1.165) is 35.1 Å². The van der Waals surface area contributed by atoms with E-state index in [0.29, 0.717) is 11.6 Å². The predicted molar refractivity (Wildman–Crippen MR) is 128 cm³/mol. The van der Waals surface area contributed by atoms with Crippen molar-refractivity contribution in [1.29, 1.82) is 0 Å². The van der Waals surface area contributed by atoms with Crippen molar-refractivity contribution in [3.05, 3.63) is 103 Å². The van der Waals surface area contributed by atoms with Gasteiger partial charge in [-0.15, -0.1) is 0 Å². The summed E-state index contributed by atoms with van der Waals surface area (Å²) in [5, 5.41) is 9.50. The number of ether oxygens (including phenoxy) is 1. The van der Waals surface area contributed by atoms with Crippen molar-refractivity contribution in [2.45, 2.75) is 6.42 Å². The maximum atomic E-state index is 5.83. The first-order valence-corrected chi connectivity index (χ1v) is 10.3. The van der Waals surface area contributed by atoms with Crippen LogP contribution in [0.25, 0.3) is 0 Å². The number of pyridine rings is 1. The Morgan fingerprint density at radius 1 is 0.781 bits per heavy atom. The summed E-state index contributed by atoms with van der Waals surface area (Å²) in [7, 11) is 1.87. The van der Waals surface area contributed by atoms with Gasteiger partial charge in [-0.2, -0.15) is 0 Å². The molecule has 3 N–H and O–H groups in total. The summed E-state index contributed by atoms with van der Waals surface area (Å²) < 4.78 is 5.83. The number of aromatic nitrogens is 3. The van der Waals surface area contributed by atoms with Gasteiger partial charge in [0.2, 0.25) is 0 Å². The summed E-state index contributed by atoms with van der Waals surface area (Å²) in [5.41, 5.74) is 1.86. The molecule has 0 spiro atoms. The normalized spacial score (nSPS) is 10.7. The first-order valence-electron chi connectivity index (χ1n) is 10.3. The highest BCUT2D eigenvalue weighted by atomic mass is 16.5. The lowest BCUT2D eigenvalue weighted by Crippen LogP contribution is -2.01. The molecule has 0 atom stereocenters. The molecule has 4 aromatic rings. The Morgan fingerprint density at radius 2 is 1.53 bits per heavy atom. The van der Waals surface area contributed by atoms with Crippen LogP contribution in [0, 0.1) is 0 Å². The Balaban J connectivity index is 1.39. The molecular weight excluding hydrogens is 400 g/mol. The lowest BCUT2D eigenvalue weighted by molar-refractivity contribution is 0.483. The fourth-order valence-corrected chi connectivity index (χ4v) is 2.96. The van der Waals surface area contributed by atoms with Crippen LogP contribution in [0.5, 0.6) is 11.5 Å². The van der Waals surface area contributed by atoms with E-state index < -0.39 is 0 Å². The molecule has 0 radical (unpaired) electrons. The third-order valence-electron chi connectivity index (χ3n) is 4.45. The topological polar surface area (TPSA) is 84.0 Å². The van der Waals surface area contributed by atoms with E-state index in [1.165, 1.54) is 6.33 Å². The van der Waals surface area contributed by atoms with Gasteiger partial charge >= 0.3 is 0 Å². The molecule has 7 nitrogen and oxygen atoms in total. The second-order valence-corrected chi connectivity index (χ2v) is 6.89. The fraction of sp³-hybridized carbons (Fsp3) is 0.0800. The van der Waals surface area contributed by atoms with E-state index in [-0.39, 0.29) is 0 Å². The standard InChI is InChI=1S/C25H24N6O/c1-26-16-6-8-19-7-5-11-23(29-19)31-25-17-24(27-18-28-25)30-20-12-14-22(15-13-20)32-21-9-3-2-4-10-21/h2-7,9-18,26H,8H2,1H3,(H2,27,28,29,30,31). The molecule has 2 aromatic carbocycles. The zero-order valence-corrected chi connectivity index (χ0v) is 17.7. The first kappa shape index (κ1) is 20.9. The zero-order chi connectivity index (χ0) is 22.0. The van der Waals surface area contributed by atoms with Gasteiger partial charge in [0.15, 0.2) is 0 Å². The monoisotopic (exact) mass is 424 g/mol. The maximum absolute atomic E-state index is 5.83. The molecule has 0 aliphatic rings. The van der Waals surface area contributed by atoms with Crippen molar-refractivity contribution in [3.8, 4) is 11.5 Å². The minimum atomic E-state index is 0.655. The third-order valence-corrected chi connectivity index (χ3v) is 4.45. The first-order chi connectivity index (χ1) is 15.8. The molecule has 0 saturated carbocycles. The lowest BCUT2D eigenvalue weighted by atomic mass is 10.2. The van der Waals surface area contributed by atoms with E-state index in [1.54, 1.807) is 0 Å². The number of rotatable bonds is 9. The van der Waals surface area contributed by atoms with Gasteiger partial charge in [-0.3, -0.25) is 0 Å². The van der Waals surface area contributed by atoms with Crippen molar-refractivity contribution in [1.82, 2.24) is 20.3 Å². The van der Waals surface area contributed by atoms with Gasteiger partial charge in [0, 0.05) is 30.9 Å². The van der Waals surface area contributed by atoms with Crippen LogP contribution in [-0.4, -0.2) is 22.0 Å². The molecule has 4 rings (SSSR count). The second-order valence-electron chi connectivity index (χ2n) is 6.89. The Hall–Kier alpha value is -4.39. The molecule has 7 heteroatoms. The Morgan fingerprint density at radius 3 is 2.31 bits per heavy atom. The molecule has 0 unspecified atom stereocenters. The highest BCUT2D eigenvalue weighted by Gasteiger charge is 2.03. The van der Waals surface area contributed by atoms with Gasteiger partial charge in [-0.05, 0) is 54.7 Å². The predicted octanol–water partition coefficient (Wildman–Crippen LogP) is 5.43. The van der Waals surface area contributed by atoms with Crippen LogP contribution in [0.1, 0.15) is 5.69 Å². The van der Waals surface area contributed by atoms with E-state index in [1.807, 2.05) is 98.2 Å². The Kier molecular flexibility index (Phi) is 6.90.